The average Bonchev–Trinajstić information content (AvgIpc) is 2.44. The second kappa shape index (κ2) is 8.47. The van der Waals surface area contributed by atoms with Gasteiger partial charge < -0.3 is 5.32 Å². The average molecular weight is 280 g/mol. The number of aliphatic imine (C=N–C) groups is 1. The van der Waals surface area contributed by atoms with Crippen LogP contribution in [0, 0.1) is 11.8 Å². The standard InChI is InChI=1S/C16H28N2S/c1-5-12(3)14-9-7-8-10-15(14)13(4)11-18-16(19)17-6-2/h11-13H,5-10H2,1-4H3,(H,17,19). The molecule has 0 aromatic rings. The molecule has 1 rings (SSSR count). The molecule has 2 nitrogen and oxygen atoms in total. The van der Waals surface area contributed by atoms with Gasteiger partial charge in [-0.15, -0.1) is 0 Å². The van der Waals surface area contributed by atoms with Crippen molar-refractivity contribution >= 4 is 23.5 Å². The van der Waals surface area contributed by atoms with Crippen LogP contribution in [0.1, 0.15) is 59.8 Å². The number of nitrogens with zero attached hydrogens (tertiary/aromatic N) is 1. The van der Waals surface area contributed by atoms with Crippen LogP contribution >= 0.6 is 12.2 Å². The lowest BCUT2D eigenvalue weighted by Gasteiger charge is -2.27. The van der Waals surface area contributed by atoms with Gasteiger partial charge in [-0.1, -0.05) is 31.9 Å². The third-order valence-electron chi connectivity index (χ3n) is 4.05. The molecule has 108 valence electrons. The Morgan fingerprint density at radius 1 is 1.26 bits per heavy atom. The van der Waals surface area contributed by atoms with Gasteiger partial charge in [0.2, 0.25) is 0 Å². The summed E-state index contributed by atoms with van der Waals surface area (Å²) in [4.78, 5) is 4.37. The van der Waals surface area contributed by atoms with Crippen molar-refractivity contribution in [1.29, 1.82) is 0 Å². The predicted molar refractivity (Wildman–Crippen MR) is 88.9 cm³/mol. The van der Waals surface area contributed by atoms with E-state index in [2.05, 4.69) is 31.1 Å². The number of hydrogen-bond donors (Lipinski definition) is 1. The summed E-state index contributed by atoms with van der Waals surface area (Å²) in [7, 11) is 0. The van der Waals surface area contributed by atoms with E-state index in [1.807, 2.05) is 13.1 Å². The Hall–Kier alpha value is -0.700. The first kappa shape index (κ1) is 16.4. The quantitative estimate of drug-likeness (QED) is 0.455. The smallest absolute Gasteiger partial charge is 0.192 e. The Balaban J connectivity index is 2.79. The van der Waals surface area contributed by atoms with E-state index >= 15 is 0 Å². The number of nitrogens with one attached hydrogen (secondary N) is 1. The highest BCUT2D eigenvalue weighted by molar-refractivity contribution is 7.80. The van der Waals surface area contributed by atoms with Crippen LogP contribution in [-0.2, 0) is 0 Å². The van der Waals surface area contributed by atoms with Gasteiger partial charge in [0, 0.05) is 18.7 Å². The molecule has 1 aliphatic carbocycles. The number of allylic oxidation sites excluding steroid dienone is 2. The summed E-state index contributed by atoms with van der Waals surface area (Å²) in [6.07, 6.45) is 8.45. The molecule has 1 aliphatic rings. The van der Waals surface area contributed by atoms with Gasteiger partial charge in [0.25, 0.3) is 0 Å². The molecule has 0 spiro atoms. The van der Waals surface area contributed by atoms with Gasteiger partial charge in [-0.3, -0.25) is 0 Å². The minimum absolute atomic E-state index is 0.418. The van der Waals surface area contributed by atoms with Gasteiger partial charge in [-0.05, 0) is 57.2 Å². The highest BCUT2D eigenvalue weighted by Gasteiger charge is 2.20. The first-order valence-electron chi connectivity index (χ1n) is 7.63. The van der Waals surface area contributed by atoms with Crippen LogP contribution in [0.25, 0.3) is 0 Å². The lowest BCUT2D eigenvalue weighted by Crippen LogP contribution is -2.19. The van der Waals surface area contributed by atoms with E-state index < -0.39 is 0 Å². The molecule has 0 bridgehead atoms. The van der Waals surface area contributed by atoms with Crippen molar-refractivity contribution in [2.45, 2.75) is 59.8 Å². The highest BCUT2D eigenvalue weighted by atomic mass is 32.1. The van der Waals surface area contributed by atoms with E-state index in [4.69, 9.17) is 12.2 Å². The largest absolute Gasteiger partial charge is 0.361 e. The van der Waals surface area contributed by atoms with Crippen LogP contribution in [0.2, 0.25) is 0 Å². The second-order valence-corrected chi connectivity index (χ2v) is 5.86. The van der Waals surface area contributed by atoms with Crippen molar-refractivity contribution in [3.05, 3.63) is 11.1 Å². The second-order valence-electron chi connectivity index (χ2n) is 5.47. The molecule has 19 heavy (non-hydrogen) atoms. The maximum atomic E-state index is 5.15. The Labute approximate surface area is 123 Å². The van der Waals surface area contributed by atoms with Crippen LogP contribution in [0.3, 0.4) is 0 Å². The fraction of sp³-hybridized carbons (Fsp3) is 0.750. The molecule has 0 heterocycles. The molecule has 2 unspecified atom stereocenters. The summed E-state index contributed by atoms with van der Waals surface area (Å²) in [5.41, 5.74) is 3.30. The van der Waals surface area contributed by atoms with Crippen molar-refractivity contribution in [1.82, 2.24) is 5.32 Å². The Morgan fingerprint density at radius 2 is 1.89 bits per heavy atom. The van der Waals surface area contributed by atoms with E-state index in [-0.39, 0.29) is 0 Å². The van der Waals surface area contributed by atoms with Crippen molar-refractivity contribution in [2.24, 2.45) is 16.8 Å². The maximum absolute atomic E-state index is 5.15. The monoisotopic (exact) mass is 280 g/mol. The van der Waals surface area contributed by atoms with Crippen LogP contribution in [-0.4, -0.2) is 17.9 Å². The molecule has 0 fully saturated rings. The van der Waals surface area contributed by atoms with E-state index in [9.17, 15) is 0 Å². The predicted octanol–water partition coefficient (Wildman–Crippen LogP) is 4.50. The summed E-state index contributed by atoms with van der Waals surface area (Å²) >= 11 is 5.15. The van der Waals surface area contributed by atoms with Crippen molar-refractivity contribution in [2.75, 3.05) is 6.54 Å². The number of rotatable bonds is 5. The fourth-order valence-electron chi connectivity index (χ4n) is 2.75. The molecule has 0 radical (unpaired) electrons. The normalized spacial score (nSPS) is 19.6. The lowest BCUT2D eigenvalue weighted by atomic mass is 9.79. The van der Waals surface area contributed by atoms with Gasteiger partial charge in [0.1, 0.15) is 0 Å². The third kappa shape index (κ3) is 5.06. The van der Waals surface area contributed by atoms with Crippen molar-refractivity contribution < 1.29 is 0 Å². The van der Waals surface area contributed by atoms with E-state index in [1.165, 1.54) is 32.1 Å². The van der Waals surface area contributed by atoms with Gasteiger partial charge in [-0.2, -0.15) is 0 Å². The fourth-order valence-corrected chi connectivity index (χ4v) is 2.95. The molecule has 1 N–H and O–H groups in total. The zero-order valence-electron chi connectivity index (χ0n) is 12.8. The molecule has 0 aromatic carbocycles. The Morgan fingerprint density at radius 3 is 2.47 bits per heavy atom. The van der Waals surface area contributed by atoms with Gasteiger partial charge >= 0.3 is 0 Å². The highest BCUT2D eigenvalue weighted by Crippen LogP contribution is 2.34. The molecule has 0 aliphatic heterocycles. The molecule has 0 saturated heterocycles. The van der Waals surface area contributed by atoms with E-state index in [1.54, 1.807) is 11.1 Å². The molecule has 2 atom stereocenters. The summed E-state index contributed by atoms with van der Waals surface area (Å²) in [5.74, 6) is 1.13. The van der Waals surface area contributed by atoms with E-state index in [0.717, 1.165) is 6.54 Å². The van der Waals surface area contributed by atoms with Gasteiger partial charge in [-0.25, -0.2) is 4.99 Å². The van der Waals surface area contributed by atoms with Crippen LogP contribution in [0.5, 0.6) is 0 Å². The molecule has 0 amide bonds. The molecule has 3 heteroatoms. The molecule has 0 aromatic heterocycles. The summed E-state index contributed by atoms with van der Waals surface area (Å²) < 4.78 is 0. The Kier molecular flexibility index (Phi) is 7.29. The molecule has 0 saturated carbocycles. The van der Waals surface area contributed by atoms with Crippen molar-refractivity contribution in [3.8, 4) is 0 Å². The van der Waals surface area contributed by atoms with E-state index in [0.29, 0.717) is 16.9 Å². The first-order chi connectivity index (χ1) is 9.10. The zero-order chi connectivity index (χ0) is 14.3. The summed E-state index contributed by atoms with van der Waals surface area (Å²) in [6, 6.07) is 0. The van der Waals surface area contributed by atoms with Crippen molar-refractivity contribution in [3.63, 3.8) is 0 Å². The maximum Gasteiger partial charge on any atom is 0.192 e. The first-order valence-corrected chi connectivity index (χ1v) is 8.04. The van der Waals surface area contributed by atoms with Crippen LogP contribution in [0.15, 0.2) is 16.1 Å². The number of hydrogen-bond acceptors (Lipinski definition) is 1. The van der Waals surface area contributed by atoms with Gasteiger partial charge in [0.05, 0.1) is 0 Å². The SMILES string of the molecule is CCNC(=S)N=CC(C)C1=C(C(C)CC)CCCC1. The number of thiocarbonyl (C=S) groups is 1. The Bertz CT molecular complexity index is 358. The summed E-state index contributed by atoms with van der Waals surface area (Å²) in [6.45, 7) is 9.76. The van der Waals surface area contributed by atoms with Gasteiger partial charge in [0.15, 0.2) is 5.11 Å². The zero-order valence-corrected chi connectivity index (χ0v) is 13.6. The minimum atomic E-state index is 0.418. The molecular formula is C16H28N2S. The molecular weight excluding hydrogens is 252 g/mol. The minimum Gasteiger partial charge on any atom is -0.361 e. The summed E-state index contributed by atoms with van der Waals surface area (Å²) in [5, 5.41) is 3.67. The topological polar surface area (TPSA) is 24.4 Å². The lowest BCUT2D eigenvalue weighted by molar-refractivity contribution is 0.539. The third-order valence-corrected chi connectivity index (χ3v) is 4.30. The van der Waals surface area contributed by atoms with Crippen LogP contribution < -0.4 is 5.32 Å². The van der Waals surface area contributed by atoms with Crippen LogP contribution in [0.4, 0.5) is 0 Å².